The number of nitrogens with zero attached hydrogens (tertiary/aromatic N) is 5. The van der Waals surface area contributed by atoms with E-state index in [4.69, 9.17) is 11.5 Å². The monoisotopic (exact) mass is 413 g/mol. The van der Waals surface area contributed by atoms with Crippen molar-refractivity contribution in [3.63, 3.8) is 0 Å². The molecule has 4 rings (SSSR count). The predicted octanol–water partition coefficient (Wildman–Crippen LogP) is 1.88. The summed E-state index contributed by atoms with van der Waals surface area (Å²) in [6, 6.07) is 12.0. The molecule has 2 heterocycles. The zero-order chi connectivity index (χ0) is 19.9. The van der Waals surface area contributed by atoms with Crippen molar-refractivity contribution in [2.45, 2.75) is 11.8 Å². The third-order valence-corrected chi connectivity index (χ3v) is 6.42. The van der Waals surface area contributed by atoms with E-state index in [-0.39, 0.29) is 10.9 Å². The lowest BCUT2D eigenvalue weighted by atomic mass is 10.1. The largest absolute Gasteiger partial charge is 0.369 e. The smallest absolute Gasteiger partial charge is 0.270 e. The van der Waals surface area contributed by atoms with E-state index in [2.05, 4.69) is 18.9 Å². The lowest BCUT2D eigenvalue weighted by molar-refractivity contribution is 0.590. The molecule has 11 heteroatoms. The maximum absolute atomic E-state index is 13.5. The summed E-state index contributed by atoms with van der Waals surface area (Å²) in [5, 5.41) is 8.35. The molecule has 9 nitrogen and oxygen atoms in total. The summed E-state index contributed by atoms with van der Waals surface area (Å²) in [6.07, 6.45) is 1.51. The third-order valence-electron chi connectivity index (χ3n) is 4.17. The molecule has 0 saturated heterocycles. The van der Waals surface area contributed by atoms with Crippen LogP contribution in [-0.2, 0) is 10.0 Å². The normalized spacial score (nSPS) is 12.5. The maximum Gasteiger partial charge on any atom is 0.270 e. The van der Waals surface area contributed by atoms with E-state index in [1.54, 1.807) is 31.2 Å². The van der Waals surface area contributed by atoms with E-state index in [0.717, 1.165) is 11.7 Å². The number of guanidine groups is 1. The Morgan fingerprint density at radius 3 is 2.64 bits per heavy atom. The Kier molecular flexibility index (Phi) is 4.32. The van der Waals surface area contributed by atoms with Crippen LogP contribution in [0.2, 0.25) is 0 Å². The average molecular weight is 413 g/mol. The van der Waals surface area contributed by atoms with Crippen LogP contribution in [0.1, 0.15) is 12.5 Å². The Labute approximate surface area is 164 Å². The van der Waals surface area contributed by atoms with Gasteiger partial charge in [-0.05, 0) is 25.1 Å². The highest BCUT2D eigenvalue weighted by Gasteiger charge is 2.25. The molecule has 0 fully saturated rings. The Balaban J connectivity index is 1.98. The highest BCUT2D eigenvalue weighted by Crippen LogP contribution is 2.29. The molecule has 28 heavy (non-hydrogen) atoms. The highest BCUT2D eigenvalue weighted by molar-refractivity contribution is 7.90. The fraction of sp³-hybridized carbons (Fsp3) is 0.0588. The van der Waals surface area contributed by atoms with Crippen LogP contribution in [0.3, 0.4) is 0 Å². The fourth-order valence-corrected chi connectivity index (χ4v) is 5.05. The van der Waals surface area contributed by atoms with Crippen LogP contribution in [0.25, 0.3) is 21.9 Å². The highest BCUT2D eigenvalue weighted by atomic mass is 32.2. The van der Waals surface area contributed by atoms with Crippen molar-refractivity contribution in [2.24, 2.45) is 21.7 Å². The summed E-state index contributed by atoms with van der Waals surface area (Å²) in [7, 11) is -3.93. The Morgan fingerprint density at radius 1 is 1.07 bits per heavy atom. The number of hydrogen-bond acceptors (Lipinski definition) is 7. The minimum absolute atomic E-state index is 0.0878. The first kappa shape index (κ1) is 18.1. The quantitative estimate of drug-likeness (QED) is 0.297. The summed E-state index contributed by atoms with van der Waals surface area (Å²) in [6.45, 7) is 1.70. The Hall–Kier alpha value is -3.31. The number of para-hydroxylation sites is 1. The number of rotatable bonds is 4. The van der Waals surface area contributed by atoms with Crippen molar-refractivity contribution in [3.05, 3.63) is 54.2 Å². The number of benzene rings is 2. The standard InChI is InChI=1S/C17H15N7O2S2/c1-10(20-21-17(18)19)12-9-24(14-7-3-2-5-11(12)14)28(25,26)15-8-4-6-13-16(15)23-27-22-13/h2-9H,1H3,(H4,18,19,21)/b20-10-. The molecule has 142 valence electrons. The SMILES string of the molecule is C/C(=N/N=C(N)N)c1cn(S(=O)(=O)c2cccc3nsnc23)c2ccccc12. The molecule has 0 aliphatic heterocycles. The van der Waals surface area contributed by atoms with Gasteiger partial charge in [-0.3, -0.25) is 0 Å². The number of nitrogens with two attached hydrogens (primary N) is 2. The molecule has 2 aromatic heterocycles. The maximum atomic E-state index is 13.5. The van der Waals surface area contributed by atoms with Gasteiger partial charge in [0.25, 0.3) is 10.0 Å². The first-order valence-corrected chi connectivity index (χ1v) is 10.3. The topological polar surface area (TPSA) is 142 Å². The van der Waals surface area contributed by atoms with E-state index in [1.807, 2.05) is 12.1 Å². The second kappa shape index (κ2) is 6.69. The van der Waals surface area contributed by atoms with Crippen molar-refractivity contribution in [1.82, 2.24) is 12.7 Å². The van der Waals surface area contributed by atoms with E-state index < -0.39 is 10.0 Å². The molecule has 4 N–H and O–H groups in total. The van der Waals surface area contributed by atoms with Crippen molar-refractivity contribution in [3.8, 4) is 0 Å². The van der Waals surface area contributed by atoms with Crippen LogP contribution in [0, 0.1) is 0 Å². The third kappa shape index (κ3) is 2.90. The molecular formula is C17H15N7O2S2. The summed E-state index contributed by atoms with van der Waals surface area (Å²) in [4.78, 5) is 0.0878. The first-order chi connectivity index (χ1) is 13.4. The second-order valence-electron chi connectivity index (χ2n) is 5.96. The fourth-order valence-electron chi connectivity index (χ4n) is 2.92. The minimum atomic E-state index is -3.93. The van der Waals surface area contributed by atoms with Crippen LogP contribution in [0.5, 0.6) is 0 Å². The minimum Gasteiger partial charge on any atom is -0.369 e. The summed E-state index contributed by atoms with van der Waals surface area (Å²) < 4.78 is 36.4. The van der Waals surface area contributed by atoms with Crippen molar-refractivity contribution in [1.29, 1.82) is 0 Å². The first-order valence-electron chi connectivity index (χ1n) is 8.10. The molecule has 0 bridgehead atoms. The Bertz CT molecular complexity index is 1360. The van der Waals surface area contributed by atoms with E-state index in [1.165, 1.54) is 16.2 Å². The van der Waals surface area contributed by atoms with E-state index in [9.17, 15) is 8.42 Å². The van der Waals surface area contributed by atoms with Crippen molar-refractivity contribution >= 4 is 55.4 Å². The van der Waals surface area contributed by atoms with Crippen molar-refractivity contribution in [2.75, 3.05) is 0 Å². The van der Waals surface area contributed by atoms with Gasteiger partial charge >= 0.3 is 0 Å². The van der Waals surface area contributed by atoms with Gasteiger partial charge in [0, 0.05) is 17.1 Å². The van der Waals surface area contributed by atoms with Crippen LogP contribution in [0.15, 0.2) is 63.8 Å². The lowest BCUT2D eigenvalue weighted by Crippen LogP contribution is -2.22. The molecule has 0 amide bonds. The van der Waals surface area contributed by atoms with Crippen LogP contribution in [-0.4, -0.2) is 32.8 Å². The molecule has 2 aromatic carbocycles. The molecule has 0 spiro atoms. The average Bonchev–Trinajstić information content (AvgIpc) is 3.30. The van der Waals surface area contributed by atoms with Gasteiger partial charge in [0.2, 0.25) is 5.96 Å². The molecular weight excluding hydrogens is 398 g/mol. The molecule has 0 aliphatic carbocycles. The van der Waals surface area contributed by atoms with Gasteiger partial charge in [-0.15, -0.1) is 5.10 Å². The second-order valence-corrected chi connectivity index (χ2v) is 8.27. The van der Waals surface area contributed by atoms with Gasteiger partial charge in [-0.25, -0.2) is 12.4 Å². The van der Waals surface area contributed by atoms with Crippen LogP contribution in [0.4, 0.5) is 0 Å². The number of hydrogen-bond donors (Lipinski definition) is 2. The molecule has 0 saturated carbocycles. The van der Waals surface area contributed by atoms with E-state index in [0.29, 0.717) is 33.2 Å². The summed E-state index contributed by atoms with van der Waals surface area (Å²) in [5.41, 5.74) is 13.1. The molecule has 0 radical (unpaired) electrons. The van der Waals surface area contributed by atoms with Crippen LogP contribution >= 0.6 is 11.7 Å². The number of aromatic nitrogens is 3. The zero-order valence-electron chi connectivity index (χ0n) is 14.6. The molecule has 4 aromatic rings. The van der Waals surface area contributed by atoms with Gasteiger partial charge in [-0.2, -0.15) is 13.8 Å². The van der Waals surface area contributed by atoms with Gasteiger partial charge in [-0.1, -0.05) is 24.3 Å². The molecule has 0 aliphatic rings. The van der Waals surface area contributed by atoms with E-state index >= 15 is 0 Å². The Morgan fingerprint density at radius 2 is 1.86 bits per heavy atom. The van der Waals surface area contributed by atoms with Gasteiger partial charge in [0.1, 0.15) is 15.9 Å². The van der Waals surface area contributed by atoms with Crippen molar-refractivity contribution < 1.29 is 8.42 Å². The summed E-state index contributed by atoms with van der Waals surface area (Å²) in [5.74, 6) is -0.182. The molecule has 0 atom stereocenters. The molecule has 0 unspecified atom stereocenters. The van der Waals surface area contributed by atoms with Crippen LogP contribution < -0.4 is 11.5 Å². The predicted molar refractivity (Wildman–Crippen MR) is 110 cm³/mol. The van der Waals surface area contributed by atoms with Gasteiger partial charge in [0.15, 0.2) is 0 Å². The summed E-state index contributed by atoms with van der Waals surface area (Å²) >= 11 is 0.970. The number of fused-ring (bicyclic) bond motifs is 2. The van der Waals surface area contributed by atoms with Gasteiger partial charge < -0.3 is 11.5 Å². The lowest BCUT2D eigenvalue weighted by Gasteiger charge is -2.07. The zero-order valence-corrected chi connectivity index (χ0v) is 16.3. The van der Waals surface area contributed by atoms with Gasteiger partial charge in [0.05, 0.1) is 23.0 Å².